The maximum absolute atomic E-state index is 12.8. The van der Waals surface area contributed by atoms with Crippen molar-refractivity contribution in [2.24, 2.45) is 0 Å². The molecule has 0 saturated heterocycles. The van der Waals surface area contributed by atoms with Gasteiger partial charge in [-0.2, -0.15) is 5.26 Å². The van der Waals surface area contributed by atoms with Gasteiger partial charge in [0.1, 0.15) is 18.8 Å². The van der Waals surface area contributed by atoms with Crippen LogP contribution < -0.4 is 14.4 Å². The summed E-state index contributed by atoms with van der Waals surface area (Å²) >= 11 is 0. The van der Waals surface area contributed by atoms with Gasteiger partial charge in [0, 0.05) is 18.3 Å². The molecular weight excluding hydrogens is 418 g/mol. The van der Waals surface area contributed by atoms with Gasteiger partial charge in [0.15, 0.2) is 18.1 Å². The van der Waals surface area contributed by atoms with E-state index in [4.69, 9.17) is 19.5 Å². The predicted octanol–water partition coefficient (Wildman–Crippen LogP) is 3.09. The van der Waals surface area contributed by atoms with Crippen LogP contribution in [0.4, 0.5) is 11.4 Å². The van der Waals surface area contributed by atoms with E-state index in [9.17, 15) is 19.7 Å². The van der Waals surface area contributed by atoms with Crippen LogP contribution in [0.15, 0.2) is 30.3 Å². The number of nitriles is 1. The van der Waals surface area contributed by atoms with Crippen LogP contribution in [-0.4, -0.2) is 43.2 Å². The van der Waals surface area contributed by atoms with Crippen molar-refractivity contribution >= 4 is 23.3 Å². The van der Waals surface area contributed by atoms with E-state index in [0.717, 1.165) is 17.2 Å². The molecule has 0 radical (unpaired) electrons. The van der Waals surface area contributed by atoms with Gasteiger partial charge in [0.2, 0.25) is 0 Å². The maximum atomic E-state index is 12.8. The highest BCUT2D eigenvalue weighted by atomic mass is 16.6. The number of carbonyl (C=O) groups excluding carboxylic acids is 2. The van der Waals surface area contributed by atoms with Gasteiger partial charge in [0.25, 0.3) is 11.6 Å². The zero-order valence-corrected chi connectivity index (χ0v) is 17.6. The minimum absolute atomic E-state index is 0.0836. The Bertz CT molecular complexity index is 1090. The number of ether oxygens (including phenoxy) is 3. The second-order valence-corrected chi connectivity index (χ2v) is 7.15. The topological polar surface area (TPSA) is 132 Å². The molecule has 0 N–H and O–H groups in total. The zero-order valence-electron chi connectivity index (χ0n) is 17.6. The lowest BCUT2D eigenvalue weighted by molar-refractivity contribution is -0.385. The number of rotatable bonds is 7. The normalized spacial score (nSPS) is 11.9. The lowest BCUT2D eigenvalue weighted by Gasteiger charge is -2.23. The molecule has 1 aliphatic heterocycles. The van der Waals surface area contributed by atoms with Crippen molar-refractivity contribution in [2.45, 2.75) is 20.3 Å². The Morgan fingerprint density at radius 1 is 1.12 bits per heavy atom. The average molecular weight is 439 g/mol. The van der Waals surface area contributed by atoms with Crippen LogP contribution in [0.2, 0.25) is 0 Å². The third-order valence-electron chi connectivity index (χ3n) is 4.67. The van der Waals surface area contributed by atoms with Crippen molar-refractivity contribution in [3.05, 3.63) is 57.1 Å². The molecule has 0 fully saturated rings. The van der Waals surface area contributed by atoms with Crippen molar-refractivity contribution in [2.75, 3.05) is 31.3 Å². The van der Waals surface area contributed by atoms with Gasteiger partial charge in [0.05, 0.1) is 23.5 Å². The Labute approximate surface area is 184 Å². The molecule has 0 atom stereocenters. The molecule has 10 nitrogen and oxygen atoms in total. The third-order valence-corrected chi connectivity index (χ3v) is 4.67. The molecule has 1 heterocycles. The quantitative estimate of drug-likeness (QED) is 0.365. The smallest absolute Gasteiger partial charge is 0.345 e. The highest BCUT2D eigenvalue weighted by molar-refractivity contribution is 5.99. The summed E-state index contributed by atoms with van der Waals surface area (Å²) in [6.45, 7) is 3.69. The molecule has 10 heteroatoms. The molecule has 32 heavy (non-hydrogen) atoms. The number of nitro groups is 1. The number of hydrogen-bond acceptors (Lipinski definition) is 8. The van der Waals surface area contributed by atoms with Gasteiger partial charge in [-0.3, -0.25) is 14.9 Å². The van der Waals surface area contributed by atoms with Crippen molar-refractivity contribution in [1.82, 2.24) is 0 Å². The van der Waals surface area contributed by atoms with E-state index in [0.29, 0.717) is 5.69 Å². The monoisotopic (exact) mass is 439 g/mol. The minimum atomic E-state index is -1.04. The first kappa shape index (κ1) is 22.6. The maximum Gasteiger partial charge on any atom is 0.345 e. The van der Waals surface area contributed by atoms with Crippen LogP contribution in [0.1, 0.15) is 27.9 Å². The number of nitrogens with zero attached hydrogens (tertiary/aromatic N) is 3. The third kappa shape index (κ3) is 5.13. The minimum Gasteiger partial charge on any atom is -0.486 e. The number of nitro benzene ring substituents is 1. The number of anilines is 1. The Hall–Kier alpha value is -4.13. The summed E-state index contributed by atoms with van der Waals surface area (Å²) in [6.07, 6.45) is 0.0836. The molecule has 0 unspecified atom stereocenters. The molecule has 3 rings (SSSR count). The number of esters is 1. The number of hydrogen-bond donors (Lipinski definition) is 0. The van der Waals surface area contributed by atoms with Gasteiger partial charge < -0.3 is 19.1 Å². The lowest BCUT2D eigenvalue weighted by Crippen LogP contribution is -2.35. The molecular formula is C22H21N3O7. The molecule has 1 amide bonds. The van der Waals surface area contributed by atoms with Gasteiger partial charge >= 0.3 is 5.97 Å². The fourth-order valence-electron chi connectivity index (χ4n) is 3.34. The average Bonchev–Trinajstić information content (AvgIpc) is 2.76. The number of amides is 1. The molecule has 0 spiro atoms. The standard InChI is InChI=1S/C22H21N3O7/c1-14-8-15(2)10-16(9-14)24(5-3-4-23)21(26)13-32-22(27)17-11-19-20(31-7-6-30-19)12-18(17)25(28)29/h8-12H,3,5-7,13H2,1-2H3. The molecule has 166 valence electrons. The Morgan fingerprint density at radius 3 is 2.34 bits per heavy atom. The number of benzene rings is 2. The largest absolute Gasteiger partial charge is 0.486 e. The van der Waals surface area contributed by atoms with Crippen LogP contribution in [0.25, 0.3) is 0 Å². The fourth-order valence-corrected chi connectivity index (χ4v) is 3.34. The van der Waals surface area contributed by atoms with Crippen molar-refractivity contribution in [1.29, 1.82) is 5.26 Å². The SMILES string of the molecule is Cc1cc(C)cc(N(CCC#N)C(=O)COC(=O)c2cc3c(cc2[N+](=O)[O-])OCCO3)c1. The summed E-state index contributed by atoms with van der Waals surface area (Å²) in [7, 11) is 0. The highest BCUT2D eigenvalue weighted by Crippen LogP contribution is 2.36. The van der Waals surface area contributed by atoms with Gasteiger partial charge in [-0.05, 0) is 37.1 Å². The van der Waals surface area contributed by atoms with Gasteiger partial charge in [-0.15, -0.1) is 0 Å². The zero-order chi connectivity index (χ0) is 23.3. The summed E-state index contributed by atoms with van der Waals surface area (Å²) in [5.41, 5.74) is 1.57. The van der Waals surface area contributed by atoms with Crippen molar-refractivity contribution in [3.63, 3.8) is 0 Å². The van der Waals surface area contributed by atoms with Crippen LogP contribution in [0.3, 0.4) is 0 Å². The van der Waals surface area contributed by atoms with Crippen molar-refractivity contribution in [3.8, 4) is 17.6 Å². The number of aryl methyl sites for hydroxylation is 2. The van der Waals surface area contributed by atoms with E-state index < -0.39 is 29.1 Å². The van der Waals surface area contributed by atoms with Crippen LogP contribution in [0.5, 0.6) is 11.5 Å². The predicted molar refractivity (Wildman–Crippen MR) is 113 cm³/mol. The Balaban J connectivity index is 1.80. The highest BCUT2D eigenvalue weighted by Gasteiger charge is 2.28. The first-order valence-electron chi connectivity index (χ1n) is 9.81. The molecule has 1 aliphatic rings. The first-order chi connectivity index (χ1) is 15.3. The number of fused-ring (bicyclic) bond motifs is 1. The summed E-state index contributed by atoms with van der Waals surface area (Å²) in [5, 5.41) is 20.4. The summed E-state index contributed by atoms with van der Waals surface area (Å²) in [6, 6.07) is 9.78. The molecule has 0 saturated carbocycles. The van der Waals surface area contributed by atoms with E-state index in [2.05, 4.69) is 0 Å². The Morgan fingerprint density at radius 2 is 1.75 bits per heavy atom. The van der Waals surface area contributed by atoms with Crippen molar-refractivity contribution < 1.29 is 28.7 Å². The van der Waals surface area contributed by atoms with E-state index >= 15 is 0 Å². The van der Waals surface area contributed by atoms with E-state index in [-0.39, 0.29) is 43.2 Å². The summed E-state index contributed by atoms with van der Waals surface area (Å²) in [5.74, 6) is -1.25. The van der Waals surface area contributed by atoms with Gasteiger partial charge in [-0.1, -0.05) is 6.07 Å². The van der Waals surface area contributed by atoms with Crippen LogP contribution in [-0.2, 0) is 9.53 Å². The van der Waals surface area contributed by atoms with E-state index in [1.165, 1.54) is 11.0 Å². The van der Waals surface area contributed by atoms with Gasteiger partial charge in [-0.25, -0.2) is 4.79 Å². The molecule has 2 aromatic carbocycles. The van der Waals surface area contributed by atoms with Crippen LogP contribution in [0, 0.1) is 35.3 Å². The molecule has 0 aromatic heterocycles. The summed E-state index contributed by atoms with van der Waals surface area (Å²) in [4.78, 5) is 37.5. The van der Waals surface area contributed by atoms with Crippen LogP contribution >= 0.6 is 0 Å². The summed E-state index contributed by atoms with van der Waals surface area (Å²) < 4.78 is 15.8. The van der Waals surface area contributed by atoms with E-state index in [1.54, 1.807) is 12.1 Å². The fraction of sp³-hybridized carbons (Fsp3) is 0.318. The van der Waals surface area contributed by atoms with E-state index in [1.807, 2.05) is 26.0 Å². The first-order valence-corrected chi connectivity index (χ1v) is 9.81. The second-order valence-electron chi connectivity index (χ2n) is 7.15. The second kappa shape index (κ2) is 9.78. The number of carbonyl (C=O) groups is 2. The molecule has 0 aliphatic carbocycles. The lowest BCUT2D eigenvalue weighted by atomic mass is 10.1. The Kier molecular flexibility index (Phi) is 6.90. The molecule has 2 aromatic rings. The molecule has 0 bridgehead atoms.